The number of pyridine rings is 1. The van der Waals surface area contributed by atoms with Crippen molar-refractivity contribution < 1.29 is 13.7 Å². The number of rotatable bonds is 5. The second kappa shape index (κ2) is 8.34. The Balaban J connectivity index is 1.40. The number of nitrogens with zero attached hydrogens (tertiary/aromatic N) is 2. The lowest BCUT2D eigenvalue weighted by molar-refractivity contribution is 0.144. The number of aromatic nitrogens is 1. The van der Waals surface area contributed by atoms with Crippen LogP contribution in [0.5, 0.6) is 0 Å². The standard InChI is InChI=1S/C23H27ClFN3O2S/c24-16-4-2-15(3-5-16)17-6-10-28(13-18(17)25)21-12-20(27-23(14-29)8-1-9-23)22-19(26-21)7-11-31(22)30/h2-5,12,17-18,29H,1,6-11,13-14H2,(H,26,27)/t17?,18?,31-/m0/s1. The maximum atomic E-state index is 15.2. The molecule has 1 aromatic carbocycles. The number of anilines is 2. The zero-order valence-corrected chi connectivity index (χ0v) is 18.9. The first-order valence-corrected chi connectivity index (χ1v) is 12.6. The Morgan fingerprint density at radius 1 is 1.32 bits per heavy atom. The molecule has 3 heterocycles. The van der Waals surface area contributed by atoms with Gasteiger partial charge in [-0.25, -0.2) is 9.37 Å². The largest absolute Gasteiger partial charge is 0.394 e. The average molecular weight is 464 g/mol. The molecule has 2 unspecified atom stereocenters. The van der Waals surface area contributed by atoms with Crippen molar-refractivity contribution in [1.82, 2.24) is 4.98 Å². The maximum Gasteiger partial charge on any atom is 0.131 e. The normalized spacial score (nSPS) is 26.9. The van der Waals surface area contributed by atoms with E-state index in [2.05, 4.69) is 5.32 Å². The van der Waals surface area contributed by atoms with Gasteiger partial charge in [0.05, 0.1) is 45.8 Å². The number of aryl methyl sites for hydroxylation is 1. The molecule has 0 amide bonds. The van der Waals surface area contributed by atoms with E-state index in [1.54, 1.807) is 0 Å². The Morgan fingerprint density at radius 3 is 2.74 bits per heavy atom. The fourth-order valence-corrected chi connectivity index (χ4v) is 6.43. The first-order valence-electron chi connectivity index (χ1n) is 10.9. The van der Waals surface area contributed by atoms with E-state index in [1.807, 2.05) is 35.2 Å². The van der Waals surface area contributed by atoms with E-state index < -0.39 is 17.0 Å². The number of piperidine rings is 1. The average Bonchev–Trinajstić information content (AvgIpc) is 3.12. The number of fused-ring (bicyclic) bond motifs is 1. The molecule has 3 aliphatic rings. The smallest absolute Gasteiger partial charge is 0.131 e. The fraction of sp³-hybridized carbons (Fsp3) is 0.522. The minimum absolute atomic E-state index is 0.0467. The van der Waals surface area contributed by atoms with Crippen LogP contribution in [0.3, 0.4) is 0 Å². The molecule has 1 saturated carbocycles. The molecule has 0 radical (unpaired) electrons. The summed E-state index contributed by atoms with van der Waals surface area (Å²) in [6.07, 6.45) is 3.20. The topological polar surface area (TPSA) is 65.5 Å². The summed E-state index contributed by atoms with van der Waals surface area (Å²) < 4.78 is 27.8. The zero-order valence-electron chi connectivity index (χ0n) is 17.3. The summed E-state index contributed by atoms with van der Waals surface area (Å²) in [5, 5.41) is 14.0. The van der Waals surface area contributed by atoms with Crippen molar-refractivity contribution >= 4 is 33.9 Å². The number of aliphatic hydroxyl groups excluding tert-OH is 1. The van der Waals surface area contributed by atoms with E-state index in [-0.39, 0.29) is 24.6 Å². The summed E-state index contributed by atoms with van der Waals surface area (Å²) in [5.41, 5.74) is 2.26. The molecule has 1 aliphatic carbocycles. The molecule has 8 heteroatoms. The van der Waals surface area contributed by atoms with Crippen molar-refractivity contribution in [2.45, 2.75) is 54.6 Å². The van der Waals surface area contributed by atoms with Gasteiger partial charge >= 0.3 is 0 Å². The molecule has 5 rings (SSSR count). The van der Waals surface area contributed by atoms with E-state index in [0.717, 1.165) is 46.9 Å². The molecule has 0 bridgehead atoms. The van der Waals surface area contributed by atoms with E-state index in [0.29, 0.717) is 30.2 Å². The van der Waals surface area contributed by atoms with Gasteiger partial charge in [0.1, 0.15) is 12.0 Å². The third-order valence-corrected chi connectivity index (χ3v) is 8.70. The van der Waals surface area contributed by atoms with Crippen molar-refractivity contribution in [1.29, 1.82) is 0 Å². The lowest BCUT2D eigenvalue weighted by atomic mass is 9.77. The van der Waals surface area contributed by atoms with E-state index in [9.17, 15) is 9.32 Å². The number of hydrogen-bond acceptors (Lipinski definition) is 5. The van der Waals surface area contributed by atoms with Crippen molar-refractivity contribution in [3.05, 3.63) is 46.6 Å². The Morgan fingerprint density at radius 2 is 2.10 bits per heavy atom. The third-order valence-electron chi connectivity index (χ3n) is 6.96. The summed E-state index contributed by atoms with van der Waals surface area (Å²) >= 11 is 5.98. The molecule has 0 spiro atoms. The molecule has 5 nitrogen and oxygen atoms in total. The first-order chi connectivity index (χ1) is 15.0. The Kier molecular flexibility index (Phi) is 5.69. The van der Waals surface area contributed by atoms with Gasteiger partial charge in [0, 0.05) is 35.7 Å². The second-order valence-electron chi connectivity index (χ2n) is 8.93. The predicted molar refractivity (Wildman–Crippen MR) is 122 cm³/mol. The number of hydrogen-bond donors (Lipinski definition) is 2. The number of alkyl halides is 1. The SMILES string of the molecule is O=[S@]1CCc2nc(N3CCC(c4ccc(Cl)cc4)C(F)C3)cc(NC3(CO)CCC3)c21. The van der Waals surface area contributed by atoms with Gasteiger partial charge in [-0.1, -0.05) is 23.7 Å². The molecular weight excluding hydrogens is 437 g/mol. The second-order valence-corrected chi connectivity index (χ2v) is 10.9. The molecule has 1 aromatic heterocycles. The molecule has 166 valence electrons. The molecule has 2 aliphatic heterocycles. The monoisotopic (exact) mass is 463 g/mol. The molecule has 2 fully saturated rings. The molecule has 2 aromatic rings. The van der Waals surface area contributed by atoms with Crippen LogP contribution in [0.1, 0.15) is 42.9 Å². The molecule has 31 heavy (non-hydrogen) atoms. The molecule has 1 saturated heterocycles. The maximum absolute atomic E-state index is 15.2. The van der Waals surface area contributed by atoms with Crippen LogP contribution >= 0.6 is 11.6 Å². The Labute approximate surface area is 189 Å². The number of benzene rings is 1. The molecule has 2 N–H and O–H groups in total. The fourth-order valence-electron chi connectivity index (χ4n) is 4.95. The van der Waals surface area contributed by atoms with Gasteiger partial charge in [0.25, 0.3) is 0 Å². The summed E-state index contributed by atoms with van der Waals surface area (Å²) in [6.45, 7) is 1.02. The van der Waals surface area contributed by atoms with Gasteiger partial charge in [-0.2, -0.15) is 0 Å². The minimum atomic E-state index is -1.09. The predicted octanol–water partition coefficient (Wildman–Crippen LogP) is 4.06. The van der Waals surface area contributed by atoms with Crippen molar-refractivity contribution in [2.75, 3.05) is 35.7 Å². The van der Waals surface area contributed by atoms with Crippen LogP contribution in [0, 0.1) is 0 Å². The van der Waals surface area contributed by atoms with Crippen molar-refractivity contribution in [3.8, 4) is 0 Å². The highest BCUT2D eigenvalue weighted by molar-refractivity contribution is 7.85. The van der Waals surface area contributed by atoms with Crippen LogP contribution < -0.4 is 10.2 Å². The van der Waals surface area contributed by atoms with Crippen LogP contribution in [0.15, 0.2) is 35.2 Å². The van der Waals surface area contributed by atoms with Crippen LogP contribution in [0.2, 0.25) is 5.02 Å². The highest BCUT2D eigenvalue weighted by Gasteiger charge is 2.39. The minimum Gasteiger partial charge on any atom is -0.394 e. The summed E-state index contributed by atoms with van der Waals surface area (Å²) in [4.78, 5) is 7.53. The summed E-state index contributed by atoms with van der Waals surface area (Å²) in [6, 6.07) is 9.36. The first kappa shape index (κ1) is 21.2. The van der Waals surface area contributed by atoms with Crippen molar-refractivity contribution in [3.63, 3.8) is 0 Å². The van der Waals surface area contributed by atoms with Gasteiger partial charge in [-0.15, -0.1) is 0 Å². The highest BCUT2D eigenvalue weighted by atomic mass is 35.5. The number of aliphatic hydroxyl groups is 1. The van der Waals surface area contributed by atoms with Gasteiger partial charge in [0.2, 0.25) is 0 Å². The molecule has 3 atom stereocenters. The third kappa shape index (κ3) is 3.96. The Hall–Kier alpha value is -1.70. The van der Waals surface area contributed by atoms with E-state index >= 15 is 4.39 Å². The zero-order chi connectivity index (χ0) is 21.6. The number of nitrogens with one attached hydrogen (secondary N) is 1. The lowest BCUT2D eigenvalue weighted by Gasteiger charge is -2.42. The summed E-state index contributed by atoms with van der Waals surface area (Å²) in [5.74, 6) is 1.14. The lowest BCUT2D eigenvalue weighted by Crippen LogP contribution is -2.48. The summed E-state index contributed by atoms with van der Waals surface area (Å²) in [7, 11) is -1.09. The number of halogens is 2. The van der Waals surface area contributed by atoms with E-state index in [4.69, 9.17) is 16.6 Å². The van der Waals surface area contributed by atoms with Gasteiger partial charge < -0.3 is 15.3 Å². The van der Waals surface area contributed by atoms with Crippen LogP contribution in [0.25, 0.3) is 0 Å². The van der Waals surface area contributed by atoms with Crippen LogP contribution in [-0.4, -0.2) is 51.5 Å². The van der Waals surface area contributed by atoms with Gasteiger partial charge in [-0.05, 0) is 43.4 Å². The van der Waals surface area contributed by atoms with E-state index in [1.165, 1.54) is 0 Å². The Bertz CT molecular complexity index is 994. The van der Waals surface area contributed by atoms with Crippen LogP contribution in [-0.2, 0) is 17.2 Å². The quantitative estimate of drug-likeness (QED) is 0.700. The van der Waals surface area contributed by atoms with Gasteiger partial charge in [0.15, 0.2) is 0 Å². The van der Waals surface area contributed by atoms with Gasteiger partial charge in [-0.3, -0.25) is 4.21 Å². The van der Waals surface area contributed by atoms with Crippen molar-refractivity contribution in [2.24, 2.45) is 0 Å². The highest BCUT2D eigenvalue weighted by Crippen LogP contribution is 2.41. The van der Waals surface area contributed by atoms with Crippen LogP contribution in [0.4, 0.5) is 15.9 Å². The molecular formula is C23H27ClFN3O2S.